The first kappa shape index (κ1) is 15.6. The Labute approximate surface area is 139 Å². The highest BCUT2D eigenvalue weighted by Crippen LogP contribution is 2.38. The van der Waals surface area contributed by atoms with E-state index in [4.69, 9.17) is 0 Å². The first-order valence-corrected chi connectivity index (χ1v) is 9.42. The molecule has 116 valence electrons. The Kier molecular flexibility index (Phi) is 4.34. The van der Waals surface area contributed by atoms with Crippen molar-refractivity contribution in [1.82, 2.24) is 9.29 Å². The van der Waals surface area contributed by atoms with Crippen LogP contribution in [-0.2, 0) is 10.0 Å². The summed E-state index contributed by atoms with van der Waals surface area (Å²) in [6.07, 6.45) is 3.37. The predicted octanol–water partition coefficient (Wildman–Crippen LogP) is 3.68. The fourth-order valence-corrected chi connectivity index (χ4v) is 5.02. The van der Waals surface area contributed by atoms with Gasteiger partial charge in [-0.15, -0.1) is 0 Å². The van der Waals surface area contributed by atoms with Gasteiger partial charge < -0.3 is 0 Å². The van der Waals surface area contributed by atoms with Crippen LogP contribution in [0.2, 0.25) is 0 Å². The van der Waals surface area contributed by atoms with E-state index >= 15 is 0 Å². The van der Waals surface area contributed by atoms with Crippen molar-refractivity contribution >= 4 is 26.0 Å². The third-order valence-electron chi connectivity index (χ3n) is 3.98. The molecule has 1 atom stereocenters. The van der Waals surface area contributed by atoms with Crippen molar-refractivity contribution in [1.29, 1.82) is 0 Å². The zero-order valence-corrected chi connectivity index (χ0v) is 14.6. The second-order valence-electron chi connectivity index (χ2n) is 5.47. The zero-order valence-electron chi connectivity index (χ0n) is 12.2. The number of aryl methyl sites for hydroxylation is 1. The van der Waals surface area contributed by atoms with E-state index in [0.717, 1.165) is 24.0 Å². The predicted molar refractivity (Wildman–Crippen MR) is 89.0 cm³/mol. The van der Waals surface area contributed by atoms with Crippen LogP contribution >= 0.6 is 15.9 Å². The normalized spacial score (nSPS) is 19.5. The van der Waals surface area contributed by atoms with Gasteiger partial charge in [-0.2, -0.15) is 4.31 Å². The summed E-state index contributed by atoms with van der Waals surface area (Å²) >= 11 is 3.43. The number of rotatable bonds is 3. The first-order valence-electron chi connectivity index (χ1n) is 7.19. The standard InChI is InChI=1S/C16H17BrN2O2S/c1-12-6-8-13(9-7-12)22(20,21)19-11-3-5-15(19)14-4-2-10-18-16(14)17/h2,4,6-10,15H,3,5,11H2,1H3. The summed E-state index contributed by atoms with van der Waals surface area (Å²) < 4.78 is 28.2. The minimum atomic E-state index is -3.48. The minimum absolute atomic E-state index is 0.158. The van der Waals surface area contributed by atoms with E-state index in [9.17, 15) is 8.42 Å². The molecule has 0 bridgehead atoms. The van der Waals surface area contributed by atoms with Crippen LogP contribution in [0.1, 0.15) is 30.0 Å². The number of hydrogen-bond acceptors (Lipinski definition) is 3. The Morgan fingerprint density at radius 3 is 2.64 bits per heavy atom. The second kappa shape index (κ2) is 6.10. The Bertz CT molecular complexity index is 775. The van der Waals surface area contributed by atoms with Gasteiger partial charge in [0.25, 0.3) is 0 Å². The molecule has 1 unspecified atom stereocenters. The van der Waals surface area contributed by atoms with Crippen LogP contribution in [0.3, 0.4) is 0 Å². The Morgan fingerprint density at radius 1 is 1.23 bits per heavy atom. The summed E-state index contributed by atoms with van der Waals surface area (Å²) in [5, 5.41) is 0. The molecule has 0 amide bonds. The van der Waals surface area contributed by atoms with Gasteiger partial charge >= 0.3 is 0 Å². The van der Waals surface area contributed by atoms with Gasteiger partial charge in [0.15, 0.2) is 0 Å². The van der Waals surface area contributed by atoms with Crippen molar-refractivity contribution in [2.24, 2.45) is 0 Å². The number of halogens is 1. The maximum atomic E-state index is 12.9. The van der Waals surface area contributed by atoms with Gasteiger partial charge in [0, 0.05) is 18.3 Å². The molecule has 0 spiro atoms. The number of pyridine rings is 1. The molecule has 22 heavy (non-hydrogen) atoms. The summed E-state index contributed by atoms with van der Waals surface area (Å²) in [5.74, 6) is 0. The molecule has 4 nitrogen and oxygen atoms in total. The number of benzene rings is 1. The number of nitrogens with zero attached hydrogens (tertiary/aromatic N) is 2. The molecule has 2 heterocycles. The van der Waals surface area contributed by atoms with Crippen LogP contribution in [0.15, 0.2) is 52.1 Å². The highest BCUT2D eigenvalue weighted by Gasteiger charge is 2.37. The van der Waals surface area contributed by atoms with Gasteiger partial charge in [0.05, 0.1) is 10.9 Å². The van der Waals surface area contributed by atoms with Crippen LogP contribution in [0.4, 0.5) is 0 Å². The minimum Gasteiger partial charge on any atom is -0.249 e. The van der Waals surface area contributed by atoms with Gasteiger partial charge in [-0.05, 0) is 53.9 Å². The van der Waals surface area contributed by atoms with Gasteiger partial charge in [0.1, 0.15) is 4.60 Å². The van der Waals surface area contributed by atoms with Crippen molar-refractivity contribution in [3.8, 4) is 0 Å². The van der Waals surface area contributed by atoms with Gasteiger partial charge in [-0.1, -0.05) is 23.8 Å². The highest BCUT2D eigenvalue weighted by atomic mass is 79.9. The SMILES string of the molecule is Cc1ccc(S(=O)(=O)N2CCCC2c2cccnc2Br)cc1. The molecular formula is C16H17BrN2O2S. The van der Waals surface area contributed by atoms with E-state index in [2.05, 4.69) is 20.9 Å². The fraction of sp³-hybridized carbons (Fsp3) is 0.312. The molecule has 1 aliphatic heterocycles. The molecule has 1 saturated heterocycles. The Morgan fingerprint density at radius 2 is 1.95 bits per heavy atom. The average Bonchev–Trinajstić information content (AvgIpc) is 2.98. The van der Waals surface area contributed by atoms with Crippen LogP contribution in [0.5, 0.6) is 0 Å². The summed E-state index contributed by atoms with van der Waals surface area (Å²) in [4.78, 5) is 4.57. The Balaban J connectivity index is 1.99. The molecule has 0 radical (unpaired) electrons. The molecule has 1 aromatic carbocycles. The van der Waals surface area contributed by atoms with Gasteiger partial charge in [-0.25, -0.2) is 13.4 Å². The molecule has 6 heteroatoms. The van der Waals surface area contributed by atoms with Gasteiger partial charge in [0.2, 0.25) is 10.0 Å². The third kappa shape index (κ3) is 2.83. The van der Waals surface area contributed by atoms with Crippen molar-refractivity contribution in [3.63, 3.8) is 0 Å². The summed E-state index contributed by atoms with van der Waals surface area (Å²) in [6, 6.07) is 10.6. The van der Waals surface area contributed by atoms with Crippen molar-refractivity contribution in [2.45, 2.75) is 30.7 Å². The number of sulfonamides is 1. The molecular weight excluding hydrogens is 364 g/mol. The molecule has 1 aromatic heterocycles. The van der Waals surface area contributed by atoms with E-state index in [1.54, 1.807) is 22.6 Å². The van der Waals surface area contributed by atoms with E-state index in [-0.39, 0.29) is 6.04 Å². The number of hydrogen-bond donors (Lipinski definition) is 0. The molecule has 1 aliphatic rings. The molecule has 0 saturated carbocycles. The largest absolute Gasteiger partial charge is 0.249 e. The van der Waals surface area contributed by atoms with Crippen molar-refractivity contribution < 1.29 is 8.42 Å². The molecule has 0 N–H and O–H groups in total. The van der Waals surface area contributed by atoms with Crippen molar-refractivity contribution in [3.05, 3.63) is 58.3 Å². The second-order valence-corrected chi connectivity index (χ2v) is 8.11. The molecule has 2 aromatic rings. The van der Waals surface area contributed by atoms with E-state index in [0.29, 0.717) is 16.0 Å². The zero-order chi connectivity index (χ0) is 15.7. The highest BCUT2D eigenvalue weighted by molar-refractivity contribution is 9.10. The van der Waals surface area contributed by atoms with E-state index in [1.165, 1.54) is 0 Å². The lowest BCUT2D eigenvalue weighted by atomic mass is 10.1. The number of aromatic nitrogens is 1. The van der Waals surface area contributed by atoms with Crippen LogP contribution in [-0.4, -0.2) is 24.3 Å². The summed E-state index contributed by atoms with van der Waals surface area (Å²) in [6.45, 7) is 2.49. The van der Waals surface area contributed by atoms with Gasteiger partial charge in [-0.3, -0.25) is 0 Å². The van der Waals surface area contributed by atoms with Crippen molar-refractivity contribution in [2.75, 3.05) is 6.54 Å². The summed E-state index contributed by atoms with van der Waals surface area (Å²) in [5.41, 5.74) is 1.97. The van der Waals surface area contributed by atoms with E-state index < -0.39 is 10.0 Å². The average molecular weight is 381 g/mol. The van der Waals surface area contributed by atoms with Crippen LogP contribution < -0.4 is 0 Å². The molecule has 0 aliphatic carbocycles. The van der Waals surface area contributed by atoms with Crippen LogP contribution in [0.25, 0.3) is 0 Å². The third-order valence-corrected chi connectivity index (χ3v) is 6.56. The fourth-order valence-electron chi connectivity index (χ4n) is 2.83. The maximum Gasteiger partial charge on any atom is 0.243 e. The Hall–Kier alpha value is -1.24. The lowest BCUT2D eigenvalue weighted by molar-refractivity contribution is 0.395. The van der Waals surface area contributed by atoms with Crippen LogP contribution in [0, 0.1) is 6.92 Å². The summed E-state index contributed by atoms with van der Waals surface area (Å²) in [7, 11) is -3.48. The first-order chi connectivity index (χ1) is 10.5. The molecule has 3 rings (SSSR count). The quantitative estimate of drug-likeness (QED) is 0.763. The van der Waals surface area contributed by atoms with E-state index in [1.807, 2.05) is 31.2 Å². The topological polar surface area (TPSA) is 50.3 Å². The maximum absolute atomic E-state index is 12.9. The molecule has 1 fully saturated rings. The lowest BCUT2D eigenvalue weighted by Crippen LogP contribution is -2.31. The monoisotopic (exact) mass is 380 g/mol. The lowest BCUT2D eigenvalue weighted by Gasteiger charge is -2.25. The smallest absolute Gasteiger partial charge is 0.243 e.